The van der Waals surface area contributed by atoms with E-state index < -0.39 is 41.8 Å². The molecule has 0 aliphatic heterocycles. The van der Waals surface area contributed by atoms with Crippen molar-refractivity contribution in [1.29, 1.82) is 0 Å². The number of rotatable bonds is 20. The van der Waals surface area contributed by atoms with Gasteiger partial charge in [-0.15, -0.1) is 11.8 Å². The lowest BCUT2D eigenvalue weighted by Crippen LogP contribution is -2.44. The molecule has 0 unspecified atom stereocenters. The molecule has 0 radical (unpaired) electrons. The Kier molecular flexibility index (Phi) is 19.7. The summed E-state index contributed by atoms with van der Waals surface area (Å²) in [7, 11) is 0. The summed E-state index contributed by atoms with van der Waals surface area (Å²) in [4.78, 5) is 33.2. The maximum absolute atomic E-state index is 11.9. The Bertz CT molecular complexity index is 706. The van der Waals surface area contributed by atoms with Gasteiger partial charge < -0.3 is 26.4 Å². The van der Waals surface area contributed by atoms with Crippen LogP contribution in [0.25, 0.3) is 0 Å². The first-order chi connectivity index (χ1) is 16.3. The Hall–Kier alpha value is -2.36. The number of aliphatic carboxylic acids is 2. The first-order valence-electron chi connectivity index (χ1n) is 11.7. The van der Waals surface area contributed by atoms with Crippen molar-refractivity contribution in [3.63, 3.8) is 0 Å². The monoisotopic (exact) mass is 496 g/mol. The van der Waals surface area contributed by atoms with Crippen LogP contribution >= 0.6 is 11.8 Å². The van der Waals surface area contributed by atoms with E-state index in [4.69, 9.17) is 15.9 Å². The van der Waals surface area contributed by atoms with Gasteiger partial charge in [0.15, 0.2) is 0 Å². The predicted octanol–water partition coefficient (Wildman–Crippen LogP) is 3.43. The standard InChI is InChI=1S/C25H40N2O6S/c1-2-3-4-5-6-7-8-9-10-11-12-13-16-22(21(28)15-14-17-23(29)30)34-19-20(26)25(33)27-18-24(31)32/h6-7,9-13,16,20-22,28H,2-5,8,14-15,17-19,26H2,1H3,(H,27,33)(H,29,30)(H,31,32)/b7-6-,10-9+,12-11+,16-13+/t20-,21+,22+/m0/s1. The molecule has 3 atom stereocenters. The maximum atomic E-state index is 11.9. The molecule has 0 bridgehead atoms. The summed E-state index contributed by atoms with van der Waals surface area (Å²) in [6, 6.07) is -0.931. The zero-order chi connectivity index (χ0) is 25.6. The molecular formula is C25H40N2O6S. The van der Waals surface area contributed by atoms with Crippen LogP contribution in [0.1, 0.15) is 58.3 Å². The van der Waals surface area contributed by atoms with E-state index in [1.165, 1.54) is 31.0 Å². The van der Waals surface area contributed by atoms with Gasteiger partial charge in [0, 0.05) is 17.4 Å². The Labute approximate surface area is 207 Å². The van der Waals surface area contributed by atoms with Crippen LogP contribution in [0.2, 0.25) is 0 Å². The Morgan fingerprint density at radius 3 is 2.38 bits per heavy atom. The highest BCUT2D eigenvalue weighted by molar-refractivity contribution is 8.00. The van der Waals surface area contributed by atoms with Crippen molar-refractivity contribution < 1.29 is 29.7 Å². The molecule has 0 saturated carbocycles. The Balaban J connectivity index is 4.70. The zero-order valence-corrected chi connectivity index (χ0v) is 20.8. The average Bonchev–Trinajstić information content (AvgIpc) is 2.79. The number of thioether (sulfide) groups is 1. The number of hydrogen-bond donors (Lipinski definition) is 5. The van der Waals surface area contributed by atoms with Crippen LogP contribution in [-0.2, 0) is 14.4 Å². The molecule has 6 N–H and O–H groups in total. The number of amides is 1. The van der Waals surface area contributed by atoms with E-state index in [1.54, 1.807) is 12.2 Å². The SMILES string of the molecule is CCCCC/C=C\C/C=C/C=C/C=C/[C@@H](SC[C@H](N)C(=O)NCC(=O)O)[C@H](O)CCCC(=O)O. The van der Waals surface area contributed by atoms with Crippen molar-refractivity contribution in [2.75, 3.05) is 12.3 Å². The van der Waals surface area contributed by atoms with Crippen LogP contribution in [0.4, 0.5) is 0 Å². The molecule has 0 spiro atoms. The van der Waals surface area contributed by atoms with E-state index in [-0.39, 0.29) is 12.2 Å². The van der Waals surface area contributed by atoms with Gasteiger partial charge in [0.1, 0.15) is 6.54 Å². The molecule has 192 valence electrons. The van der Waals surface area contributed by atoms with E-state index >= 15 is 0 Å². The quantitative estimate of drug-likeness (QED) is 0.0977. The van der Waals surface area contributed by atoms with Gasteiger partial charge in [0.25, 0.3) is 0 Å². The minimum atomic E-state index is -1.16. The number of nitrogens with one attached hydrogen (secondary N) is 1. The Morgan fingerprint density at radius 1 is 0.971 bits per heavy atom. The van der Waals surface area contributed by atoms with Crippen molar-refractivity contribution in [2.24, 2.45) is 5.73 Å². The van der Waals surface area contributed by atoms with Gasteiger partial charge >= 0.3 is 11.9 Å². The lowest BCUT2D eigenvalue weighted by molar-refractivity contribution is -0.138. The molecule has 0 fully saturated rings. The molecule has 1 amide bonds. The number of nitrogens with two attached hydrogens (primary N) is 1. The maximum Gasteiger partial charge on any atom is 0.322 e. The average molecular weight is 497 g/mol. The van der Waals surface area contributed by atoms with Gasteiger partial charge in [-0.25, -0.2) is 0 Å². The number of carboxylic acids is 2. The number of aliphatic hydroxyl groups excluding tert-OH is 1. The van der Waals surface area contributed by atoms with Crippen LogP contribution in [0.5, 0.6) is 0 Å². The van der Waals surface area contributed by atoms with Crippen molar-refractivity contribution in [1.82, 2.24) is 5.32 Å². The van der Waals surface area contributed by atoms with Crippen LogP contribution < -0.4 is 11.1 Å². The molecule has 0 rings (SSSR count). The van der Waals surface area contributed by atoms with E-state index in [2.05, 4.69) is 24.4 Å². The second kappa shape index (κ2) is 21.2. The highest BCUT2D eigenvalue weighted by atomic mass is 32.2. The molecule has 0 aromatic rings. The molecule has 9 heteroatoms. The summed E-state index contributed by atoms with van der Waals surface area (Å²) >= 11 is 1.26. The molecular weight excluding hydrogens is 456 g/mol. The molecule has 8 nitrogen and oxygen atoms in total. The summed E-state index contributed by atoms with van der Waals surface area (Å²) in [5.74, 6) is -2.49. The highest BCUT2D eigenvalue weighted by Gasteiger charge is 2.21. The molecule has 0 aliphatic rings. The molecule has 0 aromatic carbocycles. The van der Waals surface area contributed by atoms with Crippen LogP contribution in [-0.4, -0.2) is 62.9 Å². The number of hydrogen-bond acceptors (Lipinski definition) is 6. The summed E-state index contributed by atoms with van der Waals surface area (Å²) in [5.41, 5.74) is 5.82. The second-order valence-electron chi connectivity index (χ2n) is 7.77. The number of carbonyl (C=O) groups is 3. The summed E-state index contributed by atoms with van der Waals surface area (Å²) in [5, 5.41) is 29.8. The fraction of sp³-hybridized carbons (Fsp3) is 0.560. The lowest BCUT2D eigenvalue weighted by atomic mass is 10.1. The number of carbonyl (C=O) groups excluding carboxylic acids is 1. The summed E-state index contributed by atoms with van der Waals surface area (Å²) in [6.45, 7) is 1.68. The lowest BCUT2D eigenvalue weighted by Gasteiger charge is -2.21. The molecule has 0 saturated heterocycles. The van der Waals surface area contributed by atoms with E-state index in [0.29, 0.717) is 12.8 Å². The predicted molar refractivity (Wildman–Crippen MR) is 138 cm³/mol. The van der Waals surface area contributed by atoms with Gasteiger partial charge in [0.05, 0.1) is 12.1 Å². The highest BCUT2D eigenvalue weighted by Crippen LogP contribution is 2.21. The fourth-order valence-electron chi connectivity index (χ4n) is 2.77. The second-order valence-corrected chi connectivity index (χ2v) is 8.98. The smallest absolute Gasteiger partial charge is 0.322 e. The van der Waals surface area contributed by atoms with Crippen molar-refractivity contribution in [3.8, 4) is 0 Å². The molecule has 0 heterocycles. The largest absolute Gasteiger partial charge is 0.481 e. The molecule has 0 aliphatic carbocycles. The minimum absolute atomic E-state index is 0.0347. The summed E-state index contributed by atoms with van der Waals surface area (Å²) in [6.07, 6.45) is 21.1. The molecule has 0 aromatic heterocycles. The van der Waals surface area contributed by atoms with Gasteiger partial charge in [0.2, 0.25) is 5.91 Å². The third-order valence-electron chi connectivity index (χ3n) is 4.67. The third-order valence-corrected chi connectivity index (χ3v) is 6.08. The van der Waals surface area contributed by atoms with Gasteiger partial charge in [-0.1, -0.05) is 68.4 Å². The number of unbranched alkanes of at least 4 members (excludes halogenated alkanes) is 3. The number of carboxylic acid groups (broad SMARTS) is 2. The van der Waals surface area contributed by atoms with Crippen LogP contribution in [0.3, 0.4) is 0 Å². The zero-order valence-electron chi connectivity index (χ0n) is 20.0. The minimum Gasteiger partial charge on any atom is -0.481 e. The third kappa shape index (κ3) is 19.1. The van der Waals surface area contributed by atoms with Gasteiger partial charge in [-0.05, 0) is 32.1 Å². The number of allylic oxidation sites excluding steroid dienone is 7. The first-order valence-corrected chi connectivity index (χ1v) is 12.7. The number of aliphatic hydroxyl groups is 1. The van der Waals surface area contributed by atoms with Gasteiger partial charge in [-0.3, -0.25) is 14.4 Å². The van der Waals surface area contributed by atoms with Crippen LogP contribution in [0, 0.1) is 0 Å². The van der Waals surface area contributed by atoms with Crippen molar-refractivity contribution in [3.05, 3.63) is 48.6 Å². The fourth-order valence-corrected chi connectivity index (χ4v) is 3.91. The van der Waals surface area contributed by atoms with Crippen molar-refractivity contribution in [2.45, 2.75) is 75.7 Å². The van der Waals surface area contributed by atoms with E-state index in [0.717, 1.165) is 12.8 Å². The Morgan fingerprint density at radius 2 is 1.71 bits per heavy atom. The first kappa shape index (κ1) is 31.6. The van der Waals surface area contributed by atoms with E-state index in [1.807, 2.05) is 24.3 Å². The van der Waals surface area contributed by atoms with E-state index in [9.17, 15) is 19.5 Å². The van der Waals surface area contributed by atoms with Crippen LogP contribution in [0.15, 0.2) is 48.6 Å². The topological polar surface area (TPSA) is 150 Å². The summed E-state index contributed by atoms with van der Waals surface area (Å²) < 4.78 is 0. The molecule has 34 heavy (non-hydrogen) atoms. The normalized spacial score (nSPS) is 14.8. The van der Waals surface area contributed by atoms with Gasteiger partial charge in [-0.2, -0.15) is 0 Å². The van der Waals surface area contributed by atoms with Crippen molar-refractivity contribution >= 4 is 29.6 Å².